The molecule has 0 aliphatic carbocycles. The molecule has 15 heavy (non-hydrogen) atoms. The van der Waals surface area contributed by atoms with Crippen molar-refractivity contribution in [2.75, 3.05) is 13.7 Å². The van der Waals surface area contributed by atoms with Crippen molar-refractivity contribution in [1.29, 1.82) is 0 Å². The molecular formula is C11H13NO3. The summed E-state index contributed by atoms with van der Waals surface area (Å²) in [6.07, 6.45) is 0.450. The number of ether oxygens (including phenoxy) is 2. The van der Waals surface area contributed by atoms with Crippen molar-refractivity contribution in [2.24, 2.45) is 5.73 Å². The maximum atomic E-state index is 11.5. The summed E-state index contributed by atoms with van der Waals surface area (Å²) < 4.78 is 10.2. The van der Waals surface area contributed by atoms with Gasteiger partial charge in [0.2, 0.25) is 0 Å². The Morgan fingerprint density at radius 2 is 2.40 bits per heavy atom. The van der Waals surface area contributed by atoms with Crippen LogP contribution in [0.15, 0.2) is 18.2 Å². The van der Waals surface area contributed by atoms with Gasteiger partial charge in [-0.25, -0.2) is 4.79 Å². The van der Waals surface area contributed by atoms with Crippen LogP contribution in [0.3, 0.4) is 0 Å². The summed E-state index contributed by atoms with van der Waals surface area (Å²) in [4.78, 5) is 11.5. The zero-order valence-corrected chi connectivity index (χ0v) is 8.53. The molecule has 0 bridgehead atoms. The molecule has 0 saturated heterocycles. The summed E-state index contributed by atoms with van der Waals surface area (Å²) in [5, 5.41) is 0. The highest BCUT2D eigenvalue weighted by atomic mass is 16.5. The van der Waals surface area contributed by atoms with Crippen molar-refractivity contribution in [3.63, 3.8) is 0 Å². The van der Waals surface area contributed by atoms with Gasteiger partial charge in [0, 0.05) is 13.0 Å². The maximum Gasteiger partial charge on any atom is 0.338 e. The topological polar surface area (TPSA) is 61.6 Å². The van der Waals surface area contributed by atoms with Gasteiger partial charge in [0.05, 0.1) is 12.7 Å². The molecule has 0 spiro atoms. The number of cyclic esters (lactones) is 1. The van der Waals surface area contributed by atoms with Gasteiger partial charge in [-0.05, 0) is 23.8 Å². The first kappa shape index (κ1) is 9.98. The predicted octanol–water partition coefficient (Wildman–Crippen LogP) is 0.735. The number of rotatable bonds is 2. The number of carbonyl (C=O) groups is 1. The van der Waals surface area contributed by atoms with Crippen molar-refractivity contribution in [1.82, 2.24) is 0 Å². The second kappa shape index (κ2) is 3.90. The lowest BCUT2D eigenvalue weighted by Crippen LogP contribution is -2.33. The number of fused-ring (bicyclic) bond motifs is 1. The largest absolute Gasteiger partial charge is 0.497 e. The summed E-state index contributed by atoms with van der Waals surface area (Å²) in [5.41, 5.74) is 7.04. The number of carbonyl (C=O) groups excluding carboxylic acids is 1. The molecule has 1 aromatic rings. The van der Waals surface area contributed by atoms with E-state index in [4.69, 9.17) is 15.2 Å². The van der Waals surface area contributed by atoms with E-state index in [1.165, 1.54) is 0 Å². The van der Waals surface area contributed by atoms with E-state index in [-0.39, 0.29) is 12.1 Å². The minimum absolute atomic E-state index is 0.211. The van der Waals surface area contributed by atoms with Gasteiger partial charge in [-0.3, -0.25) is 0 Å². The molecular weight excluding hydrogens is 194 g/mol. The van der Waals surface area contributed by atoms with E-state index >= 15 is 0 Å². The first-order chi connectivity index (χ1) is 7.24. The van der Waals surface area contributed by atoms with Crippen molar-refractivity contribution in [3.8, 4) is 5.75 Å². The Balaban J connectivity index is 2.37. The zero-order valence-electron chi connectivity index (χ0n) is 8.53. The van der Waals surface area contributed by atoms with Crippen LogP contribution in [0, 0.1) is 0 Å². The van der Waals surface area contributed by atoms with E-state index in [0.29, 0.717) is 18.5 Å². The van der Waals surface area contributed by atoms with E-state index in [1.807, 2.05) is 6.07 Å². The van der Waals surface area contributed by atoms with Crippen LogP contribution in [0.25, 0.3) is 0 Å². The fraction of sp³-hybridized carbons (Fsp3) is 0.364. The quantitative estimate of drug-likeness (QED) is 0.726. The number of benzene rings is 1. The minimum Gasteiger partial charge on any atom is -0.497 e. The Morgan fingerprint density at radius 3 is 3.07 bits per heavy atom. The van der Waals surface area contributed by atoms with E-state index in [2.05, 4.69) is 0 Å². The molecule has 1 aromatic carbocycles. The fourth-order valence-electron chi connectivity index (χ4n) is 1.70. The van der Waals surface area contributed by atoms with Crippen LogP contribution in [0.4, 0.5) is 0 Å². The molecule has 80 valence electrons. The molecule has 1 heterocycles. The Hall–Kier alpha value is -1.55. The number of nitrogens with two attached hydrogens (primary N) is 1. The summed E-state index contributed by atoms with van der Waals surface area (Å²) in [6, 6.07) is 5.34. The monoisotopic (exact) mass is 207 g/mol. The van der Waals surface area contributed by atoms with Crippen molar-refractivity contribution in [2.45, 2.75) is 12.5 Å². The second-order valence-electron chi connectivity index (χ2n) is 3.49. The van der Waals surface area contributed by atoms with E-state index in [1.54, 1.807) is 19.2 Å². The average Bonchev–Trinajstić information content (AvgIpc) is 2.28. The highest BCUT2D eigenvalue weighted by Crippen LogP contribution is 2.24. The average molecular weight is 207 g/mol. The summed E-state index contributed by atoms with van der Waals surface area (Å²) in [5.74, 6) is 0.452. The Morgan fingerprint density at radius 1 is 1.60 bits per heavy atom. The lowest BCUT2D eigenvalue weighted by atomic mass is 9.98. The highest BCUT2D eigenvalue weighted by molar-refractivity contribution is 5.92. The van der Waals surface area contributed by atoms with Crippen molar-refractivity contribution < 1.29 is 14.3 Å². The van der Waals surface area contributed by atoms with Crippen LogP contribution < -0.4 is 10.5 Å². The first-order valence-corrected chi connectivity index (χ1v) is 4.82. The fourth-order valence-corrected chi connectivity index (χ4v) is 1.70. The van der Waals surface area contributed by atoms with Gasteiger partial charge in [-0.1, -0.05) is 0 Å². The van der Waals surface area contributed by atoms with Crippen molar-refractivity contribution in [3.05, 3.63) is 29.3 Å². The SMILES string of the molecule is COc1ccc2c(c1)CC(CN)OC2=O. The van der Waals surface area contributed by atoms with E-state index < -0.39 is 0 Å². The van der Waals surface area contributed by atoms with Gasteiger partial charge in [-0.15, -0.1) is 0 Å². The molecule has 2 rings (SSSR count). The van der Waals surface area contributed by atoms with Crippen LogP contribution in [0.1, 0.15) is 15.9 Å². The second-order valence-corrected chi connectivity index (χ2v) is 3.49. The normalized spacial score (nSPS) is 19.3. The van der Waals surface area contributed by atoms with Crippen LogP contribution in [0.2, 0.25) is 0 Å². The zero-order chi connectivity index (χ0) is 10.8. The molecule has 1 unspecified atom stereocenters. The molecule has 2 N–H and O–H groups in total. The van der Waals surface area contributed by atoms with Gasteiger partial charge < -0.3 is 15.2 Å². The Labute approximate surface area is 88.0 Å². The smallest absolute Gasteiger partial charge is 0.338 e. The molecule has 0 radical (unpaired) electrons. The molecule has 0 saturated carbocycles. The minimum atomic E-state index is -0.297. The Kier molecular flexibility index (Phi) is 2.60. The molecule has 0 fully saturated rings. The molecule has 4 nitrogen and oxygen atoms in total. The molecule has 1 aliphatic rings. The third-order valence-corrected chi connectivity index (χ3v) is 2.52. The third kappa shape index (κ3) is 1.80. The maximum absolute atomic E-state index is 11.5. The molecule has 1 aliphatic heterocycles. The van der Waals surface area contributed by atoms with Gasteiger partial charge in [-0.2, -0.15) is 0 Å². The van der Waals surface area contributed by atoms with Crippen LogP contribution >= 0.6 is 0 Å². The number of hydrogen-bond acceptors (Lipinski definition) is 4. The van der Waals surface area contributed by atoms with Crippen LogP contribution in [0.5, 0.6) is 5.75 Å². The molecule has 0 aromatic heterocycles. The number of methoxy groups -OCH3 is 1. The van der Waals surface area contributed by atoms with E-state index in [0.717, 1.165) is 11.3 Å². The number of hydrogen-bond donors (Lipinski definition) is 1. The summed E-state index contributed by atoms with van der Waals surface area (Å²) >= 11 is 0. The lowest BCUT2D eigenvalue weighted by molar-refractivity contribution is 0.0278. The van der Waals surface area contributed by atoms with Crippen LogP contribution in [-0.4, -0.2) is 25.7 Å². The standard InChI is InChI=1S/C11H13NO3/c1-14-8-2-3-10-7(4-8)5-9(6-12)15-11(10)13/h2-4,9H,5-6,12H2,1H3. The van der Waals surface area contributed by atoms with Crippen molar-refractivity contribution >= 4 is 5.97 Å². The van der Waals surface area contributed by atoms with Gasteiger partial charge >= 0.3 is 5.97 Å². The first-order valence-electron chi connectivity index (χ1n) is 4.82. The third-order valence-electron chi connectivity index (χ3n) is 2.52. The Bertz CT molecular complexity index is 389. The van der Waals surface area contributed by atoms with Crippen LogP contribution in [-0.2, 0) is 11.2 Å². The summed E-state index contributed by atoms with van der Waals surface area (Å²) in [7, 11) is 1.60. The number of esters is 1. The molecule has 0 amide bonds. The predicted molar refractivity (Wildman–Crippen MR) is 55.0 cm³/mol. The van der Waals surface area contributed by atoms with E-state index in [9.17, 15) is 4.79 Å². The van der Waals surface area contributed by atoms with Gasteiger partial charge in [0.15, 0.2) is 0 Å². The lowest BCUT2D eigenvalue weighted by Gasteiger charge is -2.23. The molecule has 4 heteroatoms. The van der Waals surface area contributed by atoms with Gasteiger partial charge in [0.25, 0.3) is 0 Å². The van der Waals surface area contributed by atoms with Gasteiger partial charge in [0.1, 0.15) is 11.9 Å². The molecule has 1 atom stereocenters. The summed E-state index contributed by atoms with van der Waals surface area (Å²) in [6.45, 7) is 0.350. The highest BCUT2D eigenvalue weighted by Gasteiger charge is 2.25.